The van der Waals surface area contributed by atoms with Crippen LogP contribution in [-0.2, 0) is 9.59 Å². The first-order chi connectivity index (χ1) is 7.68. The average Bonchev–Trinajstić information content (AvgIpc) is 2.14. The maximum absolute atomic E-state index is 11.7. The van der Waals surface area contributed by atoms with Crippen molar-refractivity contribution < 1.29 is 14.7 Å². The number of hydrogen-bond acceptors (Lipinski definition) is 3. The average molecular weight is 244 g/mol. The minimum absolute atomic E-state index is 0.0892. The summed E-state index contributed by atoms with van der Waals surface area (Å²) < 4.78 is 0. The van der Waals surface area contributed by atoms with E-state index in [0.29, 0.717) is 6.42 Å². The Morgan fingerprint density at radius 2 is 1.88 bits per heavy atom. The van der Waals surface area contributed by atoms with E-state index in [4.69, 9.17) is 10.8 Å². The van der Waals surface area contributed by atoms with E-state index < -0.39 is 18.1 Å². The summed E-state index contributed by atoms with van der Waals surface area (Å²) in [4.78, 5) is 22.5. The SMILES string of the molecule is CCC[C@H](N)C(=O)NC(CC(=O)O)C(C)(C)C. The van der Waals surface area contributed by atoms with Crippen molar-refractivity contribution >= 4 is 11.9 Å². The Hall–Kier alpha value is -1.10. The minimum atomic E-state index is -0.922. The van der Waals surface area contributed by atoms with E-state index in [1.54, 1.807) is 0 Å². The molecule has 5 heteroatoms. The molecule has 4 N–H and O–H groups in total. The Morgan fingerprint density at radius 3 is 2.24 bits per heavy atom. The zero-order valence-electron chi connectivity index (χ0n) is 11.1. The second-order valence-corrected chi connectivity index (χ2v) is 5.42. The van der Waals surface area contributed by atoms with Gasteiger partial charge < -0.3 is 16.2 Å². The van der Waals surface area contributed by atoms with Crippen LogP contribution in [0.1, 0.15) is 47.0 Å². The molecule has 2 atom stereocenters. The van der Waals surface area contributed by atoms with Crippen LogP contribution in [0.25, 0.3) is 0 Å². The molecule has 0 aromatic carbocycles. The molecule has 0 aromatic rings. The molecule has 0 radical (unpaired) electrons. The number of carboxylic acid groups (broad SMARTS) is 1. The molecular formula is C12H24N2O3. The Bertz CT molecular complexity index is 271. The molecule has 1 unspecified atom stereocenters. The van der Waals surface area contributed by atoms with Gasteiger partial charge in [0.15, 0.2) is 0 Å². The van der Waals surface area contributed by atoms with Gasteiger partial charge >= 0.3 is 5.97 Å². The van der Waals surface area contributed by atoms with Crippen molar-refractivity contribution in [1.82, 2.24) is 5.32 Å². The van der Waals surface area contributed by atoms with Gasteiger partial charge in [0.05, 0.1) is 12.5 Å². The summed E-state index contributed by atoms with van der Waals surface area (Å²) in [6.07, 6.45) is 1.34. The predicted molar refractivity (Wildman–Crippen MR) is 66.5 cm³/mol. The highest BCUT2D eigenvalue weighted by atomic mass is 16.4. The zero-order valence-corrected chi connectivity index (χ0v) is 11.1. The Morgan fingerprint density at radius 1 is 1.35 bits per heavy atom. The quantitative estimate of drug-likeness (QED) is 0.652. The highest BCUT2D eigenvalue weighted by Gasteiger charge is 2.29. The first kappa shape index (κ1) is 15.9. The third kappa shape index (κ3) is 6.26. The van der Waals surface area contributed by atoms with Gasteiger partial charge in [0.2, 0.25) is 5.91 Å². The van der Waals surface area contributed by atoms with Crippen molar-refractivity contribution in [2.24, 2.45) is 11.1 Å². The second kappa shape index (κ2) is 6.59. The molecular weight excluding hydrogens is 220 g/mol. The second-order valence-electron chi connectivity index (χ2n) is 5.42. The number of nitrogens with two attached hydrogens (primary N) is 1. The highest BCUT2D eigenvalue weighted by Crippen LogP contribution is 2.22. The maximum atomic E-state index is 11.7. The van der Waals surface area contributed by atoms with Crippen molar-refractivity contribution in [2.75, 3.05) is 0 Å². The Labute approximate surface area is 103 Å². The fourth-order valence-electron chi connectivity index (χ4n) is 1.47. The van der Waals surface area contributed by atoms with E-state index in [1.807, 2.05) is 27.7 Å². The smallest absolute Gasteiger partial charge is 0.305 e. The first-order valence-electron chi connectivity index (χ1n) is 5.96. The lowest BCUT2D eigenvalue weighted by Gasteiger charge is -2.31. The van der Waals surface area contributed by atoms with Crippen LogP contribution in [0.2, 0.25) is 0 Å². The number of carboxylic acids is 1. The summed E-state index contributed by atoms with van der Waals surface area (Å²) in [7, 11) is 0. The third-order valence-corrected chi connectivity index (χ3v) is 2.68. The number of rotatable bonds is 6. The third-order valence-electron chi connectivity index (χ3n) is 2.68. The fraction of sp³-hybridized carbons (Fsp3) is 0.833. The molecule has 17 heavy (non-hydrogen) atoms. The summed E-state index contributed by atoms with van der Waals surface area (Å²) in [5.41, 5.74) is 5.39. The molecule has 0 aliphatic heterocycles. The Kier molecular flexibility index (Phi) is 6.16. The van der Waals surface area contributed by atoms with Crippen molar-refractivity contribution in [3.05, 3.63) is 0 Å². The number of carbonyl (C=O) groups excluding carboxylic acids is 1. The van der Waals surface area contributed by atoms with Crippen molar-refractivity contribution in [1.29, 1.82) is 0 Å². The number of hydrogen-bond donors (Lipinski definition) is 3. The molecule has 0 bridgehead atoms. The zero-order chi connectivity index (χ0) is 13.6. The molecule has 0 heterocycles. The lowest BCUT2D eigenvalue weighted by Crippen LogP contribution is -2.50. The van der Waals surface area contributed by atoms with Crippen LogP contribution in [-0.4, -0.2) is 29.1 Å². The van der Waals surface area contributed by atoms with Crippen LogP contribution >= 0.6 is 0 Å². The summed E-state index contributed by atoms with van der Waals surface area (Å²) >= 11 is 0. The molecule has 0 aromatic heterocycles. The van der Waals surface area contributed by atoms with Crippen LogP contribution in [0.3, 0.4) is 0 Å². The summed E-state index contributed by atoms with van der Waals surface area (Å²) in [6.45, 7) is 7.64. The lowest BCUT2D eigenvalue weighted by atomic mass is 9.84. The minimum Gasteiger partial charge on any atom is -0.481 e. The van der Waals surface area contributed by atoms with Crippen LogP contribution in [0.15, 0.2) is 0 Å². The van der Waals surface area contributed by atoms with Gasteiger partial charge in [-0.15, -0.1) is 0 Å². The van der Waals surface area contributed by atoms with Gasteiger partial charge in [-0.05, 0) is 11.8 Å². The maximum Gasteiger partial charge on any atom is 0.305 e. The van der Waals surface area contributed by atoms with E-state index in [0.717, 1.165) is 6.42 Å². The molecule has 0 aliphatic rings. The van der Waals surface area contributed by atoms with Crippen molar-refractivity contribution in [3.8, 4) is 0 Å². The summed E-state index contributed by atoms with van der Waals surface area (Å²) in [5, 5.41) is 11.5. The molecule has 0 saturated carbocycles. The van der Waals surface area contributed by atoms with E-state index in [9.17, 15) is 9.59 Å². The molecule has 1 amide bonds. The highest BCUT2D eigenvalue weighted by molar-refractivity contribution is 5.82. The van der Waals surface area contributed by atoms with Gasteiger partial charge in [-0.2, -0.15) is 0 Å². The van der Waals surface area contributed by atoms with Crippen molar-refractivity contribution in [3.63, 3.8) is 0 Å². The molecule has 0 saturated heterocycles. The Balaban J connectivity index is 4.54. The topological polar surface area (TPSA) is 92.4 Å². The van der Waals surface area contributed by atoms with Gasteiger partial charge in [-0.3, -0.25) is 9.59 Å². The molecule has 5 nitrogen and oxygen atoms in total. The summed E-state index contributed by atoms with van der Waals surface area (Å²) in [6, 6.07) is -0.964. The normalized spacial score (nSPS) is 15.1. The van der Waals surface area contributed by atoms with E-state index in [2.05, 4.69) is 5.32 Å². The van der Waals surface area contributed by atoms with Gasteiger partial charge in [0, 0.05) is 6.04 Å². The first-order valence-corrected chi connectivity index (χ1v) is 5.96. The molecule has 0 aliphatic carbocycles. The number of amides is 1. The number of carbonyl (C=O) groups is 2. The lowest BCUT2D eigenvalue weighted by molar-refractivity contribution is -0.138. The van der Waals surface area contributed by atoms with Crippen LogP contribution in [0.5, 0.6) is 0 Å². The largest absolute Gasteiger partial charge is 0.481 e. The van der Waals surface area contributed by atoms with Crippen LogP contribution in [0.4, 0.5) is 0 Å². The summed E-state index contributed by atoms with van der Waals surface area (Å²) in [5.74, 6) is -1.19. The monoisotopic (exact) mass is 244 g/mol. The van der Waals surface area contributed by atoms with Gasteiger partial charge in [-0.25, -0.2) is 0 Å². The van der Waals surface area contributed by atoms with Crippen molar-refractivity contribution in [2.45, 2.75) is 59.0 Å². The van der Waals surface area contributed by atoms with E-state index in [-0.39, 0.29) is 17.7 Å². The fourth-order valence-corrected chi connectivity index (χ4v) is 1.47. The van der Waals surface area contributed by atoms with Gasteiger partial charge in [0.25, 0.3) is 0 Å². The number of aliphatic carboxylic acids is 1. The predicted octanol–water partition coefficient (Wildman–Crippen LogP) is 1.12. The van der Waals surface area contributed by atoms with E-state index >= 15 is 0 Å². The molecule has 0 spiro atoms. The molecule has 0 rings (SSSR count). The van der Waals surface area contributed by atoms with Crippen LogP contribution < -0.4 is 11.1 Å². The standard InChI is InChI=1S/C12H24N2O3/c1-5-6-8(13)11(17)14-9(7-10(15)16)12(2,3)4/h8-9H,5-7,13H2,1-4H3,(H,14,17)(H,15,16)/t8-,9?/m0/s1. The van der Waals surface area contributed by atoms with E-state index in [1.165, 1.54) is 0 Å². The van der Waals surface area contributed by atoms with Gasteiger partial charge in [0.1, 0.15) is 0 Å². The number of nitrogens with one attached hydrogen (secondary N) is 1. The molecule has 100 valence electrons. The van der Waals surface area contributed by atoms with Crippen LogP contribution in [0, 0.1) is 5.41 Å². The van der Waals surface area contributed by atoms with Gasteiger partial charge in [-0.1, -0.05) is 34.1 Å². The molecule has 0 fully saturated rings.